The van der Waals surface area contributed by atoms with E-state index in [2.05, 4.69) is 10.3 Å². The van der Waals surface area contributed by atoms with Crippen LogP contribution in [0.5, 0.6) is 0 Å². The highest BCUT2D eigenvalue weighted by Crippen LogP contribution is 2.35. The molecule has 0 aliphatic rings. The Morgan fingerprint density at radius 3 is 2.52 bits per heavy atom. The molecule has 2 aromatic carbocycles. The van der Waals surface area contributed by atoms with Crippen LogP contribution in [0.25, 0.3) is 10.9 Å². The third kappa shape index (κ3) is 4.45. The molecular formula is C24H22N4O3. The number of para-hydroxylation sites is 1. The topological polar surface area (TPSA) is 90.1 Å². The molecule has 0 bridgehead atoms. The minimum absolute atomic E-state index is 0.0301. The summed E-state index contributed by atoms with van der Waals surface area (Å²) >= 11 is 0. The van der Waals surface area contributed by atoms with Gasteiger partial charge in [-0.15, -0.1) is 0 Å². The summed E-state index contributed by atoms with van der Waals surface area (Å²) in [6.45, 7) is 0.421. The highest BCUT2D eigenvalue weighted by atomic mass is 16.6. The molecule has 7 heteroatoms. The summed E-state index contributed by atoms with van der Waals surface area (Å²) < 4.78 is 2.04. The molecule has 2 heterocycles. The number of benzene rings is 2. The summed E-state index contributed by atoms with van der Waals surface area (Å²) in [5.41, 5.74) is 3.96. The third-order valence-electron chi connectivity index (χ3n) is 5.44. The first kappa shape index (κ1) is 20.3. The first-order valence-electron chi connectivity index (χ1n) is 9.97. The predicted octanol–water partition coefficient (Wildman–Crippen LogP) is 4.32. The molecule has 1 amide bonds. The van der Waals surface area contributed by atoms with E-state index in [0.29, 0.717) is 6.54 Å². The molecule has 0 saturated heterocycles. The maximum Gasteiger partial charge on any atom is 0.269 e. The zero-order valence-electron chi connectivity index (χ0n) is 17.1. The highest BCUT2D eigenvalue weighted by molar-refractivity contribution is 5.86. The first-order chi connectivity index (χ1) is 15.0. The van der Waals surface area contributed by atoms with Crippen molar-refractivity contribution >= 4 is 22.5 Å². The number of pyridine rings is 1. The lowest BCUT2D eigenvalue weighted by atomic mass is 9.88. The van der Waals surface area contributed by atoms with Crippen molar-refractivity contribution in [3.05, 3.63) is 106 Å². The van der Waals surface area contributed by atoms with E-state index in [4.69, 9.17) is 0 Å². The quantitative estimate of drug-likeness (QED) is 0.360. The van der Waals surface area contributed by atoms with Crippen molar-refractivity contribution in [3.63, 3.8) is 0 Å². The van der Waals surface area contributed by atoms with Gasteiger partial charge in [-0.2, -0.15) is 0 Å². The van der Waals surface area contributed by atoms with Gasteiger partial charge in [0.05, 0.1) is 4.92 Å². The molecule has 0 aliphatic heterocycles. The Kier molecular flexibility index (Phi) is 5.75. The molecule has 0 radical (unpaired) electrons. The second-order valence-corrected chi connectivity index (χ2v) is 7.45. The lowest BCUT2D eigenvalue weighted by Gasteiger charge is -2.17. The zero-order chi connectivity index (χ0) is 21.8. The standard InChI is InChI=1S/C24H22N4O3/c1-27-16-22(20-4-2-3-5-23(20)27)21(18-6-8-19(9-7-18)28(30)31)14-24(29)26-15-17-10-12-25-13-11-17/h2-13,16,21H,14-15H2,1H3,(H,26,29)/t21-/m0/s1. The maximum atomic E-state index is 12.8. The molecule has 0 fully saturated rings. The smallest absolute Gasteiger partial charge is 0.269 e. The van der Waals surface area contributed by atoms with Crippen LogP contribution in [-0.2, 0) is 18.4 Å². The third-order valence-corrected chi connectivity index (χ3v) is 5.44. The Bertz CT molecular complexity index is 1220. The van der Waals surface area contributed by atoms with E-state index < -0.39 is 4.92 Å². The van der Waals surface area contributed by atoms with Crippen LogP contribution in [-0.4, -0.2) is 20.4 Å². The van der Waals surface area contributed by atoms with Crippen LogP contribution in [0.1, 0.15) is 29.0 Å². The number of nitrogens with zero attached hydrogens (tertiary/aromatic N) is 3. The van der Waals surface area contributed by atoms with Crippen molar-refractivity contribution in [2.75, 3.05) is 0 Å². The Labute approximate surface area is 179 Å². The number of fused-ring (bicyclic) bond motifs is 1. The van der Waals surface area contributed by atoms with Crippen LogP contribution in [0.4, 0.5) is 5.69 Å². The molecular weight excluding hydrogens is 392 g/mol. The number of amides is 1. The predicted molar refractivity (Wildman–Crippen MR) is 119 cm³/mol. The van der Waals surface area contributed by atoms with E-state index >= 15 is 0 Å². The van der Waals surface area contributed by atoms with Gasteiger partial charge >= 0.3 is 0 Å². The average molecular weight is 414 g/mol. The lowest BCUT2D eigenvalue weighted by Crippen LogP contribution is -2.25. The summed E-state index contributed by atoms with van der Waals surface area (Å²) in [5, 5.41) is 15.1. The van der Waals surface area contributed by atoms with Gasteiger partial charge in [0.15, 0.2) is 0 Å². The van der Waals surface area contributed by atoms with Gasteiger partial charge in [-0.1, -0.05) is 30.3 Å². The van der Waals surface area contributed by atoms with Crippen molar-refractivity contribution in [3.8, 4) is 0 Å². The largest absolute Gasteiger partial charge is 0.352 e. The summed E-state index contributed by atoms with van der Waals surface area (Å²) in [7, 11) is 1.97. The van der Waals surface area contributed by atoms with Gasteiger partial charge in [-0.3, -0.25) is 19.9 Å². The highest BCUT2D eigenvalue weighted by Gasteiger charge is 2.23. The fourth-order valence-corrected chi connectivity index (χ4v) is 3.85. The fraction of sp³-hybridized carbons (Fsp3) is 0.167. The number of aryl methyl sites for hydroxylation is 1. The van der Waals surface area contributed by atoms with Crippen LogP contribution in [0.3, 0.4) is 0 Å². The van der Waals surface area contributed by atoms with Crippen LogP contribution in [0.15, 0.2) is 79.3 Å². The Morgan fingerprint density at radius 2 is 1.81 bits per heavy atom. The summed E-state index contributed by atoms with van der Waals surface area (Å²) in [6.07, 6.45) is 5.65. The molecule has 7 nitrogen and oxygen atoms in total. The van der Waals surface area contributed by atoms with E-state index in [-0.39, 0.29) is 23.9 Å². The van der Waals surface area contributed by atoms with Gasteiger partial charge in [0, 0.05) is 67.6 Å². The number of nitrogens with one attached hydrogen (secondary N) is 1. The lowest BCUT2D eigenvalue weighted by molar-refractivity contribution is -0.384. The minimum atomic E-state index is -0.419. The number of hydrogen-bond acceptors (Lipinski definition) is 4. The number of carbonyl (C=O) groups is 1. The molecule has 4 aromatic rings. The van der Waals surface area contributed by atoms with E-state index in [1.54, 1.807) is 24.5 Å². The number of nitro benzene ring substituents is 1. The Morgan fingerprint density at radius 1 is 1.10 bits per heavy atom. The van der Waals surface area contributed by atoms with Gasteiger partial charge in [-0.25, -0.2) is 0 Å². The molecule has 0 spiro atoms. The first-order valence-corrected chi connectivity index (χ1v) is 9.97. The number of non-ortho nitro benzene ring substituents is 1. The second-order valence-electron chi connectivity index (χ2n) is 7.45. The minimum Gasteiger partial charge on any atom is -0.352 e. The molecule has 1 atom stereocenters. The molecule has 0 unspecified atom stereocenters. The van der Waals surface area contributed by atoms with Crippen molar-refractivity contribution < 1.29 is 9.72 Å². The number of rotatable bonds is 7. The Balaban J connectivity index is 1.65. The summed E-state index contributed by atoms with van der Waals surface area (Å²) in [6, 6.07) is 18.2. The summed E-state index contributed by atoms with van der Waals surface area (Å²) in [5.74, 6) is -0.322. The van der Waals surface area contributed by atoms with Gasteiger partial charge in [-0.05, 0) is 34.9 Å². The van der Waals surface area contributed by atoms with Gasteiger partial charge in [0.25, 0.3) is 5.69 Å². The molecule has 156 valence electrons. The molecule has 0 aliphatic carbocycles. The Hall–Kier alpha value is -4.00. The maximum absolute atomic E-state index is 12.8. The normalized spacial score (nSPS) is 11.9. The SMILES string of the molecule is Cn1cc([C@@H](CC(=O)NCc2ccncc2)c2ccc([N+](=O)[O-])cc2)c2ccccc21. The molecule has 4 rings (SSSR count). The van der Waals surface area contributed by atoms with Crippen molar-refractivity contribution in [2.45, 2.75) is 18.9 Å². The number of aromatic nitrogens is 2. The van der Waals surface area contributed by atoms with Crippen molar-refractivity contribution in [2.24, 2.45) is 7.05 Å². The molecule has 31 heavy (non-hydrogen) atoms. The van der Waals surface area contributed by atoms with Crippen LogP contribution in [0, 0.1) is 10.1 Å². The van der Waals surface area contributed by atoms with Crippen LogP contribution >= 0.6 is 0 Å². The van der Waals surface area contributed by atoms with Gasteiger partial charge in [0.1, 0.15) is 0 Å². The zero-order valence-corrected chi connectivity index (χ0v) is 17.1. The van der Waals surface area contributed by atoms with E-state index in [1.165, 1.54) is 12.1 Å². The van der Waals surface area contributed by atoms with Crippen molar-refractivity contribution in [1.29, 1.82) is 0 Å². The number of hydrogen-bond donors (Lipinski definition) is 1. The monoisotopic (exact) mass is 414 g/mol. The van der Waals surface area contributed by atoms with Gasteiger partial charge < -0.3 is 9.88 Å². The average Bonchev–Trinajstić information content (AvgIpc) is 3.13. The molecule has 0 saturated carbocycles. The number of nitro groups is 1. The number of carbonyl (C=O) groups excluding carboxylic acids is 1. The van der Waals surface area contributed by atoms with Crippen LogP contribution < -0.4 is 5.32 Å². The van der Waals surface area contributed by atoms with Crippen molar-refractivity contribution in [1.82, 2.24) is 14.9 Å². The fourth-order valence-electron chi connectivity index (χ4n) is 3.85. The summed E-state index contributed by atoms with van der Waals surface area (Å²) in [4.78, 5) is 27.5. The van der Waals surface area contributed by atoms with Crippen LogP contribution in [0.2, 0.25) is 0 Å². The van der Waals surface area contributed by atoms with E-state index in [1.807, 2.05) is 54.2 Å². The van der Waals surface area contributed by atoms with E-state index in [0.717, 1.165) is 27.6 Å². The second kappa shape index (κ2) is 8.79. The van der Waals surface area contributed by atoms with Gasteiger partial charge in [0.2, 0.25) is 5.91 Å². The molecule has 2 aromatic heterocycles. The molecule has 1 N–H and O–H groups in total. The van der Waals surface area contributed by atoms with E-state index in [9.17, 15) is 14.9 Å².